The van der Waals surface area contributed by atoms with Gasteiger partial charge in [-0.3, -0.25) is 0 Å². The van der Waals surface area contributed by atoms with Crippen molar-refractivity contribution in [2.75, 3.05) is 6.54 Å². The molecule has 0 saturated carbocycles. The van der Waals surface area contributed by atoms with Crippen molar-refractivity contribution in [2.24, 2.45) is 0 Å². The van der Waals surface area contributed by atoms with E-state index in [1.54, 1.807) is 0 Å². The Labute approximate surface area is 119 Å². The Morgan fingerprint density at radius 1 is 1.32 bits per heavy atom. The fourth-order valence-corrected chi connectivity index (χ4v) is 2.20. The van der Waals surface area contributed by atoms with Crippen molar-refractivity contribution in [1.82, 2.24) is 14.9 Å². The van der Waals surface area contributed by atoms with Gasteiger partial charge in [0.25, 0.3) is 0 Å². The topological polar surface area (TPSA) is 29.9 Å². The Morgan fingerprint density at radius 3 is 2.68 bits per heavy atom. The van der Waals surface area contributed by atoms with E-state index in [-0.39, 0.29) is 0 Å². The van der Waals surface area contributed by atoms with Gasteiger partial charge in [-0.15, -0.1) is 0 Å². The van der Waals surface area contributed by atoms with Crippen LogP contribution in [-0.2, 0) is 6.54 Å². The van der Waals surface area contributed by atoms with Crippen molar-refractivity contribution >= 4 is 11.6 Å². The fourth-order valence-electron chi connectivity index (χ4n) is 2.08. The zero-order valence-corrected chi connectivity index (χ0v) is 12.2. The summed E-state index contributed by atoms with van der Waals surface area (Å²) in [7, 11) is 0. The molecule has 1 heterocycles. The molecule has 1 atom stereocenters. The Bertz CT molecular complexity index is 504. The molecule has 19 heavy (non-hydrogen) atoms. The summed E-state index contributed by atoms with van der Waals surface area (Å²) in [5.41, 5.74) is 1.27. The standard InChI is InChI=1S/C15H20ClN3/c1-12(14-4-6-15(16)7-5-14)17-8-3-10-19-11-9-18-13(19)2/h4-7,9,11-12,17H,3,8,10H2,1-2H3. The molecular formula is C15H20ClN3. The molecule has 2 rings (SSSR count). The number of benzene rings is 1. The Hall–Kier alpha value is -1.32. The van der Waals surface area contributed by atoms with E-state index in [0.717, 1.165) is 30.4 Å². The van der Waals surface area contributed by atoms with E-state index in [2.05, 4.69) is 33.9 Å². The third-order valence-corrected chi connectivity index (χ3v) is 3.57. The average molecular weight is 278 g/mol. The van der Waals surface area contributed by atoms with Crippen LogP contribution < -0.4 is 5.32 Å². The van der Waals surface area contributed by atoms with Crippen molar-refractivity contribution in [1.29, 1.82) is 0 Å². The van der Waals surface area contributed by atoms with Gasteiger partial charge in [-0.25, -0.2) is 4.98 Å². The molecule has 0 aliphatic rings. The molecule has 0 radical (unpaired) electrons. The summed E-state index contributed by atoms with van der Waals surface area (Å²) in [6.07, 6.45) is 4.96. The average Bonchev–Trinajstić information content (AvgIpc) is 2.81. The van der Waals surface area contributed by atoms with Crippen LogP contribution in [0.25, 0.3) is 0 Å². The number of nitrogens with zero attached hydrogens (tertiary/aromatic N) is 2. The molecule has 1 aromatic heterocycles. The van der Waals surface area contributed by atoms with Crippen LogP contribution in [0, 0.1) is 6.92 Å². The van der Waals surface area contributed by atoms with Gasteiger partial charge in [-0.1, -0.05) is 23.7 Å². The molecule has 1 aromatic carbocycles. The second kappa shape index (κ2) is 6.73. The molecule has 0 aliphatic heterocycles. The van der Waals surface area contributed by atoms with E-state index in [1.807, 2.05) is 31.5 Å². The molecule has 0 fully saturated rings. The van der Waals surface area contributed by atoms with Gasteiger partial charge in [0.05, 0.1) is 0 Å². The molecule has 0 bridgehead atoms. The number of hydrogen-bond acceptors (Lipinski definition) is 2. The summed E-state index contributed by atoms with van der Waals surface area (Å²) in [5.74, 6) is 1.07. The normalized spacial score (nSPS) is 12.6. The lowest BCUT2D eigenvalue weighted by Gasteiger charge is -2.14. The van der Waals surface area contributed by atoms with Crippen molar-refractivity contribution < 1.29 is 0 Å². The Morgan fingerprint density at radius 2 is 2.05 bits per heavy atom. The van der Waals surface area contributed by atoms with E-state index in [1.165, 1.54) is 5.56 Å². The maximum atomic E-state index is 5.89. The number of nitrogens with one attached hydrogen (secondary N) is 1. The van der Waals surface area contributed by atoms with Gasteiger partial charge < -0.3 is 9.88 Å². The second-order valence-corrected chi connectivity index (χ2v) is 5.19. The lowest BCUT2D eigenvalue weighted by molar-refractivity contribution is 0.523. The molecule has 3 nitrogen and oxygen atoms in total. The van der Waals surface area contributed by atoms with Crippen molar-refractivity contribution in [3.8, 4) is 0 Å². The van der Waals surface area contributed by atoms with Gasteiger partial charge in [-0.05, 0) is 44.5 Å². The minimum absolute atomic E-state index is 0.348. The summed E-state index contributed by atoms with van der Waals surface area (Å²) in [6, 6.07) is 8.36. The second-order valence-electron chi connectivity index (χ2n) is 4.75. The van der Waals surface area contributed by atoms with Gasteiger partial charge >= 0.3 is 0 Å². The molecule has 2 aromatic rings. The number of hydrogen-bond donors (Lipinski definition) is 1. The number of halogens is 1. The molecule has 0 amide bonds. The maximum Gasteiger partial charge on any atom is 0.105 e. The highest BCUT2D eigenvalue weighted by Crippen LogP contribution is 2.15. The van der Waals surface area contributed by atoms with Crippen molar-refractivity contribution in [3.63, 3.8) is 0 Å². The summed E-state index contributed by atoms with van der Waals surface area (Å²) in [4.78, 5) is 4.22. The largest absolute Gasteiger partial charge is 0.335 e. The zero-order chi connectivity index (χ0) is 13.7. The van der Waals surface area contributed by atoms with Crippen LogP contribution in [0.2, 0.25) is 5.02 Å². The van der Waals surface area contributed by atoms with Gasteiger partial charge in [-0.2, -0.15) is 0 Å². The molecule has 0 aliphatic carbocycles. The first-order valence-electron chi connectivity index (χ1n) is 6.63. The first-order valence-corrected chi connectivity index (χ1v) is 7.01. The third kappa shape index (κ3) is 4.08. The van der Waals surface area contributed by atoms with Crippen LogP contribution in [0.5, 0.6) is 0 Å². The van der Waals surface area contributed by atoms with Gasteiger partial charge in [0, 0.05) is 30.0 Å². The summed E-state index contributed by atoms with van der Waals surface area (Å²) < 4.78 is 2.18. The SMILES string of the molecule is Cc1nccn1CCCNC(C)c1ccc(Cl)cc1. The van der Waals surface area contributed by atoms with Crippen LogP contribution in [0.3, 0.4) is 0 Å². The Kier molecular flexibility index (Phi) is 5.00. The first kappa shape index (κ1) is 14.1. The van der Waals surface area contributed by atoms with E-state index in [0.29, 0.717) is 6.04 Å². The number of aromatic nitrogens is 2. The van der Waals surface area contributed by atoms with Crippen LogP contribution in [-0.4, -0.2) is 16.1 Å². The predicted octanol–water partition coefficient (Wildman–Crippen LogP) is 3.59. The third-order valence-electron chi connectivity index (χ3n) is 3.32. The quantitative estimate of drug-likeness (QED) is 0.818. The monoisotopic (exact) mass is 277 g/mol. The van der Waals surface area contributed by atoms with Crippen LogP contribution in [0.1, 0.15) is 30.8 Å². The molecule has 102 valence electrons. The Balaban J connectivity index is 1.73. The van der Waals surface area contributed by atoms with E-state index in [9.17, 15) is 0 Å². The lowest BCUT2D eigenvalue weighted by Crippen LogP contribution is -2.21. The molecule has 0 spiro atoms. The molecule has 4 heteroatoms. The first-order chi connectivity index (χ1) is 9.16. The number of imidazole rings is 1. The van der Waals surface area contributed by atoms with Gasteiger partial charge in [0.15, 0.2) is 0 Å². The highest BCUT2D eigenvalue weighted by atomic mass is 35.5. The minimum atomic E-state index is 0.348. The lowest BCUT2D eigenvalue weighted by atomic mass is 10.1. The zero-order valence-electron chi connectivity index (χ0n) is 11.4. The van der Waals surface area contributed by atoms with Crippen molar-refractivity contribution in [3.05, 3.63) is 53.1 Å². The van der Waals surface area contributed by atoms with Crippen LogP contribution >= 0.6 is 11.6 Å². The van der Waals surface area contributed by atoms with E-state index < -0.39 is 0 Å². The van der Waals surface area contributed by atoms with E-state index in [4.69, 9.17) is 11.6 Å². The summed E-state index contributed by atoms with van der Waals surface area (Å²) in [5, 5.41) is 4.31. The molecule has 1 N–H and O–H groups in total. The molecular weight excluding hydrogens is 258 g/mol. The van der Waals surface area contributed by atoms with Gasteiger partial charge in [0.1, 0.15) is 5.82 Å². The highest BCUT2D eigenvalue weighted by Gasteiger charge is 2.04. The fraction of sp³-hybridized carbons (Fsp3) is 0.400. The predicted molar refractivity (Wildman–Crippen MR) is 79.5 cm³/mol. The van der Waals surface area contributed by atoms with Crippen molar-refractivity contribution in [2.45, 2.75) is 32.9 Å². The van der Waals surface area contributed by atoms with E-state index >= 15 is 0 Å². The molecule has 1 unspecified atom stereocenters. The summed E-state index contributed by atoms with van der Waals surface area (Å²) >= 11 is 5.89. The maximum absolute atomic E-state index is 5.89. The summed E-state index contributed by atoms with van der Waals surface area (Å²) in [6.45, 7) is 6.20. The smallest absolute Gasteiger partial charge is 0.105 e. The van der Waals surface area contributed by atoms with Gasteiger partial charge in [0.2, 0.25) is 0 Å². The number of rotatable bonds is 6. The van der Waals surface area contributed by atoms with Crippen LogP contribution in [0.15, 0.2) is 36.7 Å². The molecule has 0 saturated heterocycles. The minimum Gasteiger partial charge on any atom is -0.335 e. The highest BCUT2D eigenvalue weighted by molar-refractivity contribution is 6.30. The number of aryl methyl sites for hydroxylation is 2. The van der Waals surface area contributed by atoms with Crippen LogP contribution in [0.4, 0.5) is 0 Å².